The Hall–Kier alpha value is -0.810. The molecule has 5 heteroatoms. The van der Waals surface area contributed by atoms with E-state index in [2.05, 4.69) is 26.1 Å². The predicted octanol–water partition coefficient (Wildman–Crippen LogP) is 3.49. The van der Waals surface area contributed by atoms with E-state index in [4.69, 9.17) is 0 Å². The monoisotopic (exact) mass is 303 g/mol. The predicted molar refractivity (Wildman–Crippen MR) is 79.2 cm³/mol. The smallest absolute Gasteiger partial charge is 0.142 e. The number of halogens is 2. The first kappa shape index (κ1) is 17.2. The van der Waals surface area contributed by atoms with Crippen LogP contribution in [-0.2, 0) is 10.8 Å². The van der Waals surface area contributed by atoms with Crippen LogP contribution in [0.5, 0.6) is 0 Å². The standard InChI is InChI=1S/C15H23F2NOS/c1-4-8-18-14(11(3)5-2)10-20(19)15-7-6-12(16)9-13(15)17/h6-7,9,11,14,18H,4-5,8,10H2,1-3H3. The lowest BCUT2D eigenvalue weighted by Crippen LogP contribution is -2.39. The van der Waals surface area contributed by atoms with Gasteiger partial charge in [0.2, 0.25) is 0 Å². The van der Waals surface area contributed by atoms with Gasteiger partial charge in [-0.3, -0.25) is 4.21 Å². The van der Waals surface area contributed by atoms with Crippen molar-refractivity contribution >= 4 is 10.8 Å². The fourth-order valence-corrected chi connectivity index (χ4v) is 3.40. The van der Waals surface area contributed by atoms with Gasteiger partial charge in [-0.2, -0.15) is 0 Å². The Morgan fingerprint density at radius 2 is 2.00 bits per heavy atom. The number of benzene rings is 1. The van der Waals surface area contributed by atoms with Gasteiger partial charge in [0, 0.05) is 17.9 Å². The Morgan fingerprint density at radius 3 is 2.55 bits per heavy atom. The molecule has 2 nitrogen and oxygen atoms in total. The minimum Gasteiger partial charge on any atom is -0.313 e. The van der Waals surface area contributed by atoms with Gasteiger partial charge in [0.25, 0.3) is 0 Å². The highest BCUT2D eigenvalue weighted by Crippen LogP contribution is 2.17. The molecule has 1 rings (SSSR count). The van der Waals surface area contributed by atoms with Crippen molar-refractivity contribution in [3.05, 3.63) is 29.8 Å². The van der Waals surface area contributed by atoms with Gasteiger partial charge in [-0.05, 0) is 31.0 Å². The average molecular weight is 303 g/mol. The first-order chi connectivity index (χ1) is 9.49. The van der Waals surface area contributed by atoms with Gasteiger partial charge in [0.1, 0.15) is 11.6 Å². The van der Waals surface area contributed by atoms with Crippen LogP contribution in [0.25, 0.3) is 0 Å². The molecule has 1 aromatic carbocycles. The van der Waals surface area contributed by atoms with Crippen molar-refractivity contribution in [3.63, 3.8) is 0 Å². The third-order valence-corrected chi connectivity index (χ3v) is 4.94. The minimum absolute atomic E-state index is 0.0743. The maximum absolute atomic E-state index is 13.6. The van der Waals surface area contributed by atoms with Crippen LogP contribution in [0.4, 0.5) is 8.78 Å². The van der Waals surface area contributed by atoms with Gasteiger partial charge >= 0.3 is 0 Å². The first-order valence-corrected chi connectivity index (χ1v) is 8.38. The third-order valence-electron chi connectivity index (χ3n) is 3.46. The molecular weight excluding hydrogens is 280 g/mol. The van der Waals surface area contributed by atoms with Crippen LogP contribution in [0.2, 0.25) is 0 Å². The SMILES string of the molecule is CCCNC(CS(=O)c1ccc(F)cc1F)C(C)CC. The second-order valence-electron chi connectivity index (χ2n) is 5.03. The van der Waals surface area contributed by atoms with Gasteiger partial charge in [-0.25, -0.2) is 8.78 Å². The summed E-state index contributed by atoms with van der Waals surface area (Å²) < 4.78 is 38.8. The van der Waals surface area contributed by atoms with E-state index in [1.807, 2.05) is 0 Å². The van der Waals surface area contributed by atoms with Crippen molar-refractivity contribution in [2.75, 3.05) is 12.3 Å². The van der Waals surface area contributed by atoms with E-state index in [1.54, 1.807) is 0 Å². The van der Waals surface area contributed by atoms with Gasteiger partial charge in [0.05, 0.1) is 15.7 Å². The van der Waals surface area contributed by atoms with E-state index in [0.29, 0.717) is 11.7 Å². The molecule has 3 atom stereocenters. The number of rotatable bonds is 8. The molecule has 0 bridgehead atoms. The molecule has 0 spiro atoms. The zero-order valence-corrected chi connectivity index (χ0v) is 13.1. The van der Waals surface area contributed by atoms with Crippen LogP contribution in [0.15, 0.2) is 23.1 Å². The quantitative estimate of drug-likeness (QED) is 0.796. The fraction of sp³-hybridized carbons (Fsp3) is 0.600. The molecule has 1 N–H and O–H groups in total. The molecule has 0 radical (unpaired) electrons. The largest absolute Gasteiger partial charge is 0.313 e. The molecule has 0 heterocycles. The van der Waals surface area contributed by atoms with E-state index in [9.17, 15) is 13.0 Å². The molecule has 0 fully saturated rings. The van der Waals surface area contributed by atoms with Crippen LogP contribution in [0, 0.1) is 17.6 Å². The molecule has 3 unspecified atom stereocenters. The summed E-state index contributed by atoms with van der Waals surface area (Å²) in [6, 6.07) is 3.28. The lowest BCUT2D eigenvalue weighted by Gasteiger charge is -2.24. The Bertz CT molecular complexity index is 453. The van der Waals surface area contributed by atoms with Gasteiger partial charge in [0.15, 0.2) is 0 Å². The van der Waals surface area contributed by atoms with Crippen LogP contribution in [-0.4, -0.2) is 22.5 Å². The van der Waals surface area contributed by atoms with Gasteiger partial charge < -0.3 is 5.32 Å². The van der Waals surface area contributed by atoms with E-state index < -0.39 is 22.4 Å². The lowest BCUT2D eigenvalue weighted by atomic mass is 10.0. The Morgan fingerprint density at radius 1 is 1.30 bits per heavy atom. The molecule has 114 valence electrons. The van der Waals surface area contributed by atoms with Crippen LogP contribution < -0.4 is 5.32 Å². The molecule has 0 saturated carbocycles. The normalized spacial score (nSPS) is 15.8. The topological polar surface area (TPSA) is 29.1 Å². The lowest BCUT2D eigenvalue weighted by molar-refractivity contribution is 0.394. The van der Waals surface area contributed by atoms with E-state index >= 15 is 0 Å². The fourth-order valence-electron chi connectivity index (χ4n) is 1.95. The maximum atomic E-state index is 13.6. The van der Waals surface area contributed by atoms with E-state index in [1.165, 1.54) is 6.07 Å². The Balaban J connectivity index is 2.78. The van der Waals surface area contributed by atoms with Crippen LogP contribution >= 0.6 is 0 Å². The van der Waals surface area contributed by atoms with Crippen LogP contribution in [0.3, 0.4) is 0 Å². The summed E-state index contributed by atoms with van der Waals surface area (Å²) in [5.74, 6) is -0.682. The second-order valence-corrected chi connectivity index (χ2v) is 6.50. The molecule has 1 aromatic rings. The van der Waals surface area contributed by atoms with Crippen molar-refractivity contribution in [2.24, 2.45) is 5.92 Å². The Kier molecular flexibility index (Phi) is 7.30. The van der Waals surface area contributed by atoms with Crippen LogP contribution in [0.1, 0.15) is 33.6 Å². The first-order valence-electron chi connectivity index (χ1n) is 7.06. The van der Waals surface area contributed by atoms with Crippen molar-refractivity contribution in [2.45, 2.75) is 44.6 Å². The summed E-state index contributed by atoms with van der Waals surface area (Å²) >= 11 is 0. The molecule has 0 aliphatic heterocycles. The molecule has 0 saturated heterocycles. The molecular formula is C15H23F2NOS. The molecule has 0 aliphatic carbocycles. The zero-order chi connectivity index (χ0) is 15.1. The minimum atomic E-state index is -1.46. The molecule has 0 amide bonds. The molecule has 0 aliphatic rings. The van der Waals surface area contributed by atoms with Crippen molar-refractivity contribution in [1.82, 2.24) is 5.32 Å². The highest BCUT2D eigenvalue weighted by Gasteiger charge is 2.20. The average Bonchev–Trinajstić information content (AvgIpc) is 2.42. The number of hydrogen-bond donors (Lipinski definition) is 1. The van der Waals surface area contributed by atoms with E-state index in [0.717, 1.165) is 31.5 Å². The summed E-state index contributed by atoms with van der Waals surface area (Å²) in [5, 5.41) is 3.36. The maximum Gasteiger partial charge on any atom is 0.142 e. The summed E-state index contributed by atoms with van der Waals surface area (Å²) in [7, 11) is -1.46. The summed E-state index contributed by atoms with van der Waals surface area (Å²) in [6.45, 7) is 7.08. The van der Waals surface area contributed by atoms with Crippen molar-refractivity contribution in [1.29, 1.82) is 0 Å². The molecule has 20 heavy (non-hydrogen) atoms. The summed E-state index contributed by atoms with van der Waals surface area (Å²) in [6.07, 6.45) is 1.95. The number of nitrogens with one attached hydrogen (secondary N) is 1. The van der Waals surface area contributed by atoms with Crippen molar-refractivity contribution in [3.8, 4) is 0 Å². The third kappa shape index (κ3) is 4.94. The zero-order valence-electron chi connectivity index (χ0n) is 12.3. The summed E-state index contributed by atoms with van der Waals surface area (Å²) in [5.41, 5.74) is 0. The highest BCUT2D eigenvalue weighted by molar-refractivity contribution is 7.85. The van der Waals surface area contributed by atoms with Gasteiger partial charge in [-0.15, -0.1) is 0 Å². The highest BCUT2D eigenvalue weighted by atomic mass is 32.2. The van der Waals surface area contributed by atoms with Crippen molar-refractivity contribution < 1.29 is 13.0 Å². The number of hydrogen-bond acceptors (Lipinski definition) is 2. The summed E-state index contributed by atoms with van der Waals surface area (Å²) in [4.78, 5) is 0.0815. The van der Waals surface area contributed by atoms with Gasteiger partial charge in [-0.1, -0.05) is 27.2 Å². The van der Waals surface area contributed by atoms with E-state index in [-0.39, 0.29) is 10.9 Å². The Labute approximate surface area is 122 Å². The second kappa shape index (κ2) is 8.47. The molecule has 0 aromatic heterocycles.